The van der Waals surface area contributed by atoms with Crippen LogP contribution in [0.4, 0.5) is 5.82 Å². The third-order valence-electron chi connectivity index (χ3n) is 4.94. The highest BCUT2D eigenvalue weighted by atomic mass is 16.6. The summed E-state index contributed by atoms with van der Waals surface area (Å²) in [6, 6.07) is 13.3. The molecular formula is C21H23N5O3. The highest BCUT2D eigenvalue weighted by Gasteiger charge is 2.30. The molecule has 0 fully saturated rings. The van der Waals surface area contributed by atoms with Gasteiger partial charge in [0.2, 0.25) is 5.91 Å². The number of furan rings is 1. The minimum atomic E-state index is -0.192. The quantitative estimate of drug-likeness (QED) is 0.626. The zero-order chi connectivity index (χ0) is 20.4. The molecule has 0 saturated heterocycles. The first-order chi connectivity index (χ1) is 14.0. The van der Waals surface area contributed by atoms with Crippen molar-refractivity contribution in [1.82, 2.24) is 20.1 Å². The van der Waals surface area contributed by atoms with Gasteiger partial charge in [-0.2, -0.15) is 0 Å². The minimum absolute atomic E-state index is 0.142. The summed E-state index contributed by atoms with van der Waals surface area (Å²) in [5.74, 6) is 0.967. The zero-order valence-corrected chi connectivity index (χ0v) is 16.4. The Morgan fingerprint density at radius 1 is 1.21 bits per heavy atom. The smallest absolute Gasteiger partial charge is 0.277 e. The summed E-state index contributed by atoms with van der Waals surface area (Å²) in [4.78, 5) is 12.1. The molecule has 0 radical (unpaired) electrons. The van der Waals surface area contributed by atoms with E-state index < -0.39 is 0 Å². The van der Waals surface area contributed by atoms with E-state index in [9.17, 15) is 10.0 Å². The lowest BCUT2D eigenvalue weighted by Gasteiger charge is -2.34. The topological polar surface area (TPSA) is 90.8 Å². The summed E-state index contributed by atoms with van der Waals surface area (Å²) >= 11 is 0. The van der Waals surface area contributed by atoms with Gasteiger partial charge >= 0.3 is 0 Å². The first-order valence-electron chi connectivity index (χ1n) is 9.48. The van der Waals surface area contributed by atoms with Crippen LogP contribution in [0, 0.1) is 12.1 Å². The molecule has 8 heteroatoms. The van der Waals surface area contributed by atoms with Gasteiger partial charge in [0.25, 0.3) is 5.82 Å². The van der Waals surface area contributed by atoms with Gasteiger partial charge in [0.1, 0.15) is 5.76 Å². The lowest BCUT2D eigenvalue weighted by atomic mass is 10.1. The van der Waals surface area contributed by atoms with Crippen LogP contribution in [0.3, 0.4) is 0 Å². The Morgan fingerprint density at radius 2 is 2.00 bits per heavy atom. The predicted octanol–water partition coefficient (Wildman–Crippen LogP) is 2.09. The molecule has 150 valence electrons. The Hall–Kier alpha value is -3.36. The highest BCUT2D eigenvalue weighted by molar-refractivity contribution is 5.76. The van der Waals surface area contributed by atoms with Gasteiger partial charge in [-0.15, -0.1) is 5.10 Å². The zero-order valence-electron chi connectivity index (χ0n) is 16.4. The number of amides is 1. The number of aromatic nitrogens is 2. The Labute approximate surface area is 168 Å². The first kappa shape index (κ1) is 19.0. The highest BCUT2D eigenvalue weighted by Crippen LogP contribution is 2.29. The maximum absolute atomic E-state index is 13.0. The van der Waals surface area contributed by atoms with Gasteiger partial charge in [-0.05, 0) is 43.7 Å². The van der Waals surface area contributed by atoms with Crippen molar-refractivity contribution in [3.63, 3.8) is 0 Å². The summed E-state index contributed by atoms with van der Waals surface area (Å²) < 4.78 is 6.99. The van der Waals surface area contributed by atoms with Crippen LogP contribution in [0.25, 0.3) is 11.3 Å². The molecule has 1 aromatic carbocycles. The second-order valence-corrected chi connectivity index (χ2v) is 6.97. The Balaban J connectivity index is 1.46. The van der Waals surface area contributed by atoms with E-state index in [4.69, 9.17) is 4.42 Å². The van der Waals surface area contributed by atoms with Gasteiger partial charge in [-0.3, -0.25) is 4.79 Å². The lowest BCUT2D eigenvalue weighted by molar-refractivity contribution is -0.905. The molecule has 8 nitrogen and oxygen atoms in total. The number of nitrogens with one attached hydrogen (secondary N) is 2. The molecule has 0 spiro atoms. The second-order valence-electron chi connectivity index (χ2n) is 6.97. The van der Waals surface area contributed by atoms with Crippen LogP contribution in [-0.4, -0.2) is 27.2 Å². The van der Waals surface area contributed by atoms with Crippen molar-refractivity contribution in [3.05, 3.63) is 77.2 Å². The summed E-state index contributed by atoms with van der Waals surface area (Å²) in [6.45, 7) is 4.54. The number of allylic oxidation sites excluding steroid dienone is 1. The maximum Gasteiger partial charge on any atom is 0.277 e. The average Bonchev–Trinajstić information content (AvgIpc) is 3.37. The van der Waals surface area contributed by atoms with Crippen LogP contribution in [0.15, 0.2) is 59.3 Å². The van der Waals surface area contributed by atoms with Crippen molar-refractivity contribution >= 4 is 17.3 Å². The van der Waals surface area contributed by atoms with E-state index in [0.29, 0.717) is 18.1 Å². The molecule has 2 aromatic heterocycles. The molecule has 1 aliphatic heterocycles. The molecular weight excluding hydrogens is 370 g/mol. The molecule has 1 amide bonds. The lowest BCUT2D eigenvalue weighted by Crippen LogP contribution is -3.09. The van der Waals surface area contributed by atoms with Gasteiger partial charge in [-0.25, -0.2) is 14.9 Å². The van der Waals surface area contributed by atoms with Crippen molar-refractivity contribution in [1.29, 1.82) is 0 Å². The largest absolute Gasteiger partial charge is 0.601 e. The maximum atomic E-state index is 13.0. The van der Waals surface area contributed by atoms with Crippen LogP contribution in [0.1, 0.15) is 30.4 Å². The SMILES string of the molecule is CC1=CN(CCC(=O)NCc2ccco2)[NH+]([O-])c2nn(-c3ccccc3)c(C)c21. The third-order valence-corrected chi connectivity index (χ3v) is 4.94. The number of carbonyl (C=O) groups is 1. The third kappa shape index (κ3) is 3.80. The van der Waals surface area contributed by atoms with E-state index in [1.807, 2.05) is 44.2 Å². The Bertz CT molecular complexity index is 1020. The first-order valence-corrected chi connectivity index (χ1v) is 9.48. The van der Waals surface area contributed by atoms with Crippen molar-refractivity contribution in [2.45, 2.75) is 26.8 Å². The number of nitrogens with zero attached hydrogens (tertiary/aromatic N) is 3. The van der Waals surface area contributed by atoms with Crippen LogP contribution < -0.4 is 10.5 Å². The van der Waals surface area contributed by atoms with Gasteiger partial charge < -0.3 is 14.9 Å². The fraction of sp³-hybridized carbons (Fsp3) is 0.238. The molecule has 1 atom stereocenters. The second kappa shape index (κ2) is 7.94. The van der Waals surface area contributed by atoms with E-state index in [2.05, 4.69) is 10.4 Å². The number of rotatable bonds is 6. The summed E-state index contributed by atoms with van der Waals surface area (Å²) in [5.41, 5.74) is 3.64. The summed E-state index contributed by atoms with van der Waals surface area (Å²) in [7, 11) is 0. The monoisotopic (exact) mass is 393 g/mol. The predicted molar refractivity (Wildman–Crippen MR) is 108 cm³/mol. The van der Waals surface area contributed by atoms with Crippen molar-refractivity contribution in [2.24, 2.45) is 0 Å². The van der Waals surface area contributed by atoms with Gasteiger partial charge in [-0.1, -0.05) is 18.2 Å². The fourth-order valence-corrected chi connectivity index (χ4v) is 3.51. The van der Waals surface area contributed by atoms with Crippen molar-refractivity contribution in [2.75, 3.05) is 6.54 Å². The van der Waals surface area contributed by atoms with E-state index in [1.165, 1.54) is 0 Å². The number of carbonyl (C=O) groups excluding carboxylic acids is 1. The summed E-state index contributed by atoms with van der Waals surface area (Å²) in [5, 5.41) is 21.7. The van der Waals surface area contributed by atoms with Gasteiger partial charge in [0.15, 0.2) is 0 Å². The standard InChI is InChI=1S/C21H23N5O3/c1-15-14-24(11-10-19(27)22-13-18-9-6-12-29-18)26(28)21-20(15)16(2)25(23-21)17-7-4-3-5-8-17/h3-9,12,14,26H,10-11,13H2,1-2H3,(H,22,27). The molecule has 0 bridgehead atoms. The summed E-state index contributed by atoms with van der Waals surface area (Å²) in [6.07, 6.45) is 3.56. The molecule has 3 aromatic rings. The van der Waals surface area contributed by atoms with E-state index in [-0.39, 0.29) is 24.0 Å². The van der Waals surface area contributed by atoms with E-state index in [0.717, 1.165) is 22.5 Å². The number of para-hydroxylation sites is 1. The van der Waals surface area contributed by atoms with Crippen LogP contribution in [-0.2, 0) is 11.3 Å². The van der Waals surface area contributed by atoms with Crippen molar-refractivity contribution in [3.8, 4) is 5.69 Å². The number of hydrogen-bond donors (Lipinski definition) is 2. The number of benzene rings is 1. The minimum Gasteiger partial charge on any atom is -0.601 e. The molecule has 29 heavy (non-hydrogen) atoms. The van der Waals surface area contributed by atoms with Gasteiger partial charge in [0, 0.05) is 6.42 Å². The molecule has 0 aliphatic carbocycles. The molecule has 4 rings (SSSR count). The van der Waals surface area contributed by atoms with E-state index >= 15 is 0 Å². The Morgan fingerprint density at radius 3 is 2.72 bits per heavy atom. The number of quaternary nitrogens is 1. The fourth-order valence-electron chi connectivity index (χ4n) is 3.51. The number of hydrogen-bond acceptors (Lipinski definition) is 5. The average molecular weight is 393 g/mol. The molecule has 2 N–H and O–H groups in total. The normalized spacial score (nSPS) is 15.8. The molecule has 1 unspecified atom stereocenters. The van der Waals surface area contributed by atoms with E-state index in [1.54, 1.807) is 34.3 Å². The number of fused-ring (bicyclic) bond motifs is 1. The van der Waals surface area contributed by atoms with Crippen molar-refractivity contribution < 1.29 is 14.4 Å². The molecule has 3 heterocycles. The molecule has 1 aliphatic rings. The molecule has 0 saturated carbocycles. The van der Waals surface area contributed by atoms with Crippen LogP contribution >= 0.6 is 0 Å². The Kier molecular flexibility index (Phi) is 5.20. The van der Waals surface area contributed by atoms with Crippen LogP contribution in [0.2, 0.25) is 0 Å². The van der Waals surface area contributed by atoms with Gasteiger partial charge in [0.05, 0.1) is 42.5 Å². The van der Waals surface area contributed by atoms with Crippen LogP contribution in [0.5, 0.6) is 0 Å².